The average molecular weight is 458 g/mol. The monoisotopic (exact) mass is 457 g/mol. The van der Waals surface area contributed by atoms with E-state index in [9.17, 15) is 18.0 Å². The molecular formula is C22H20ClN3O4S. The maximum Gasteiger partial charge on any atom is 0.261 e. The van der Waals surface area contributed by atoms with E-state index in [1.54, 1.807) is 54.6 Å². The van der Waals surface area contributed by atoms with Gasteiger partial charge in [0, 0.05) is 24.3 Å². The number of hydrogen-bond acceptors (Lipinski definition) is 4. The third-order valence-electron chi connectivity index (χ3n) is 4.27. The summed E-state index contributed by atoms with van der Waals surface area (Å²) in [5.41, 5.74) is 1.11. The van der Waals surface area contributed by atoms with Gasteiger partial charge in [-0.15, -0.1) is 0 Å². The van der Waals surface area contributed by atoms with Gasteiger partial charge in [0.1, 0.15) is 0 Å². The van der Waals surface area contributed by atoms with E-state index in [1.807, 2.05) is 0 Å². The minimum Gasteiger partial charge on any atom is -0.350 e. The molecule has 3 aromatic rings. The van der Waals surface area contributed by atoms with E-state index in [-0.39, 0.29) is 29.8 Å². The lowest BCUT2D eigenvalue weighted by Gasteiger charge is -2.10. The summed E-state index contributed by atoms with van der Waals surface area (Å²) >= 11 is 5.97. The van der Waals surface area contributed by atoms with Crippen LogP contribution in [0.3, 0.4) is 0 Å². The third-order valence-corrected chi connectivity index (χ3v) is 5.99. The highest BCUT2D eigenvalue weighted by molar-refractivity contribution is 7.92. The summed E-state index contributed by atoms with van der Waals surface area (Å²) in [4.78, 5) is 24.4. The van der Waals surface area contributed by atoms with Crippen molar-refractivity contribution >= 4 is 39.1 Å². The first-order chi connectivity index (χ1) is 14.9. The average Bonchev–Trinajstić information content (AvgIpc) is 2.77. The standard InChI is InChI=1S/C22H20ClN3O4S/c23-20-9-5-4-8-19(20)22(28)25-15-14-24-21(27)16-10-12-18(13-11-16)31(29,30)26-17-6-2-1-3-7-17/h1-13,26H,14-15H2,(H,24,27)(H,25,28). The summed E-state index contributed by atoms with van der Waals surface area (Å²) in [5.74, 6) is -0.715. The zero-order valence-electron chi connectivity index (χ0n) is 16.3. The fraction of sp³-hybridized carbons (Fsp3) is 0.0909. The van der Waals surface area contributed by atoms with Crippen LogP contribution >= 0.6 is 11.6 Å². The Labute approximate surface area is 185 Å². The van der Waals surface area contributed by atoms with Crippen LogP contribution in [0.15, 0.2) is 83.8 Å². The van der Waals surface area contributed by atoms with E-state index in [2.05, 4.69) is 15.4 Å². The molecule has 0 radical (unpaired) electrons. The third kappa shape index (κ3) is 6.07. The number of carbonyl (C=O) groups excluding carboxylic acids is 2. The number of hydrogen-bond donors (Lipinski definition) is 3. The summed E-state index contributed by atoms with van der Waals surface area (Å²) in [6, 6.07) is 20.8. The van der Waals surface area contributed by atoms with Crippen molar-refractivity contribution in [3.8, 4) is 0 Å². The second kappa shape index (κ2) is 10.1. The maximum atomic E-state index is 12.4. The Kier molecular flexibility index (Phi) is 7.28. The first-order valence-electron chi connectivity index (χ1n) is 9.36. The molecular weight excluding hydrogens is 438 g/mol. The van der Waals surface area contributed by atoms with Crippen molar-refractivity contribution in [2.45, 2.75) is 4.90 Å². The van der Waals surface area contributed by atoms with Crippen LogP contribution < -0.4 is 15.4 Å². The lowest BCUT2D eigenvalue weighted by Crippen LogP contribution is -2.34. The number of halogens is 1. The fourth-order valence-corrected chi connectivity index (χ4v) is 3.98. The molecule has 0 aromatic heterocycles. The topological polar surface area (TPSA) is 104 Å². The predicted molar refractivity (Wildman–Crippen MR) is 120 cm³/mol. The highest BCUT2D eigenvalue weighted by Crippen LogP contribution is 2.16. The molecule has 3 N–H and O–H groups in total. The number of benzene rings is 3. The van der Waals surface area contributed by atoms with Gasteiger partial charge in [-0.2, -0.15) is 0 Å². The molecule has 0 unspecified atom stereocenters. The molecule has 2 amide bonds. The van der Waals surface area contributed by atoms with Crippen molar-refractivity contribution in [2.75, 3.05) is 17.8 Å². The molecule has 0 heterocycles. The van der Waals surface area contributed by atoms with Crippen molar-refractivity contribution in [3.63, 3.8) is 0 Å². The molecule has 0 bridgehead atoms. The Morgan fingerprint density at radius 1 is 0.742 bits per heavy atom. The van der Waals surface area contributed by atoms with Crippen LogP contribution in [0.1, 0.15) is 20.7 Å². The Bertz CT molecular complexity index is 1170. The van der Waals surface area contributed by atoms with Crippen LogP contribution in [0, 0.1) is 0 Å². The van der Waals surface area contributed by atoms with Crippen molar-refractivity contribution in [2.24, 2.45) is 0 Å². The molecule has 0 fully saturated rings. The zero-order valence-corrected chi connectivity index (χ0v) is 17.9. The van der Waals surface area contributed by atoms with Crippen LogP contribution in [0.25, 0.3) is 0 Å². The second-order valence-corrected chi connectivity index (χ2v) is 8.58. The number of rotatable bonds is 8. The quantitative estimate of drug-likeness (QED) is 0.451. The van der Waals surface area contributed by atoms with Crippen LogP contribution in [0.5, 0.6) is 0 Å². The fourth-order valence-electron chi connectivity index (χ4n) is 2.70. The van der Waals surface area contributed by atoms with Crippen LogP contribution in [0.4, 0.5) is 5.69 Å². The number of nitrogens with one attached hydrogen (secondary N) is 3. The van der Waals surface area contributed by atoms with Crippen molar-refractivity contribution in [1.29, 1.82) is 0 Å². The molecule has 3 rings (SSSR count). The molecule has 7 nitrogen and oxygen atoms in total. The molecule has 0 aliphatic heterocycles. The number of anilines is 1. The van der Waals surface area contributed by atoms with Gasteiger partial charge in [-0.05, 0) is 48.5 Å². The van der Waals surface area contributed by atoms with E-state index < -0.39 is 10.0 Å². The van der Waals surface area contributed by atoms with Gasteiger partial charge in [0.05, 0.1) is 15.5 Å². The summed E-state index contributed by atoms with van der Waals surface area (Å²) in [6.07, 6.45) is 0. The summed E-state index contributed by atoms with van der Waals surface area (Å²) in [6.45, 7) is 0.411. The number of para-hydroxylation sites is 1. The van der Waals surface area contributed by atoms with E-state index >= 15 is 0 Å². The number of carbonyl (C=O) groups is 2. The molecule has 160 valence electrons. The van der Waals surface area contributed by atoms with E-state index in [1.165, 1.54) is 24.3 Å². The molecule has 0 saturated heterocycles. The van der Waals surface area contributed by atoms with Gasteiger partial charge in [-0.25, -0.2) is 8.42 Å². The zero-order chi connectivity index (χ0) is 22.3. The van der Waals surface area contributed by atoms with Gasteiger partial charge in [0.15, 0.2) is 0 Å². The summed E-state index contributed by atoms with van der Waals surface area (Å²) in [7, 11) is -3.76. The van der Waals surface area contributed by atoms with Gasteiger partial charge in [0.2, 0.25) is 0 Å². The Hall–Kier alpha value is -3.36. The van der Waals surface area contributed by atoms with Crippen LogP contribution in [-0.4, -0.2) is 33.3 Å². The molecule has 0 spiro atoms. The lowest BCUT2D eigenvalue weighted by molar-refractivity contribution is 0.0927. The van der Waals surface area contributed by atoms with Gasteiger partial charge in [-0.3, -0.25) is 14.3 Å². The molecule has 3 aromatic carbocycles. The Morgan fingerprint density at radius 3 is 1.97 bits per heavy atom. The van der Waals surface area contributed by atoms with Gasteiger partial charge < -0.3 is 10.6 Å². The number of sulfonamides is 1. The van der Waals surface area contributed by atoms with Crippen molar-refractivity contribution in [3.05, 3.63) is 95.0 Å². The van der Waals surface area contributed by atoms with Crippen molar-refractivity contribution < 1.29 is 18.0 Å². The largest absolute Gasteiger partial charge is 0.350 e. The molecule has 9 heteroatoms. The maximum absolute atomic E-state index is 12.4. The lowest BCUT2D eigenvalue weighted by atomic mass is 10.2. The summed E-state index contributed by atoms with van der Waals surface area (Å²) < 4.78 is 27.3. The van der Waals surface area contributed by atoms with Gasteiger partial charge >= 0.3 is 0 Å². The predicted octanol–water partition coefficient (Wildman–Crippen LogP) is 3.30. The highest BCUT2D eigenvalue weighted by Gasteiger charge is 2.15. The molecule has 31 heavy (non-hydrogen) atoms. The minimum absolute atomic E-state index is 0.0416. The normalized spacial score (nSPS) is 10.9. The van der Waals surface area contributed by atoms with Crippen LogP contribution in [0.2, 0.25) is 5.02 Å². The first kappa shape index (κ1) is 22.3. The van der Waals surface area contributed by atoms with Crippen LogP contribution in [-0.2, 0) is 10.0 Å². The first-order valence-corrected chi connectivity index (χ1v) is 11.2. The van der Waals surface area contributed by atoms with E-state index in [4.69, 9.17) is 11.6 Å². The smallest absolute Gasteiger partial charge is 0.261 e. The minimum atomic E-state index is -3.76. The molecule has 0 atom stereocenters. The Morgan fingerprint density at radius 2 is 1.32 bits per heavy atom. The molecule has 0 aliphatic rings. The SMILES string of the molecule is O=C(NCCNC(=O)c1ccccc1Cl)c1ccc(S(=O)(=O)Nc2ccccc2)cc1. The van der Waals surface area contributed by atoms with Gasteiger partial charge in [-0.1, -0.05) is 41.9 Å². The highest BCUT2D eigenvalue weighted by atomic mass is 35.5. The van der Waals surface area contributed by atoms with Gasteiger partial charge in [0.25, 0.3) is 21.8 Å². The Balaban J connectivity index is 1.51. The van der Waals surface area contributed by atoms with E-state index in [0.717, 1.165) is 0 Å². The van der Waals surface area contributed by atoms with E-state index in [0.29, 0.717) is 21.8 Å². The molecule has 0 aliphatic carbocycles. The molecule has 0 saturated carbocycles. The summed E-state index contributed by atoms with van der Waals surface area (Å²) in [5, 5.41) is 5.69. The second-order valence-electron chi connectivity index (χ2n) is 6.49. The number of amides is 2. The van der Waals surface area contributed by atoms with Crippen molar-refractivity contribution in [1.82, 2.24) is 10.6 Å².